The van der Waals surface area contributed by atoms with Gasteiger partial charge in [-0.05, 0) is 23.8 Å². The Bertz CT molecular complexity index is 623. The van der Waals surface area contributed by atoms with Crippen LogP contribution in [0.4, 0.5) is 4.39 Å². The van der Waals surface area contributed by atoms with Gasteiger partial charge in [-0.1, -0.05) is 50.8 Å². The molecule has 0 saturated carbocycles. The molecule has 0 aliphatic carbocycles. The number of hydrogen-bond acceptors (Lipinski definition) is 6. The number of aromatic nitrogens is 2. The number of benzene rings is 1. The molecular formula is C11H9BrFN3OS3. The van der Waals surface area contributed by atoms with Gasteiger partial charge in [-0.25, -0.2) is 4.39 Å². The molecule has 0 aliphatic rings. The number of primary amides is 1. The molecular weight excluding hydrogens is 385 g/mol. The third-order valence-corrected chi connectivity index (χ3v) is 5.84. The van der Waals surface area contributed by atoms with Crippen LogP contribution in [0, 0.1) is 5.82 Å². The van der Waals surface area contributed by atoms with Crippen molar-refractivity contribution in [3.8, 4) is 0 Å². The first-order valence-electron chi connectivity index (χ1n) is 5.36. The van der Waals surface area contributed by atoms with Gasteiger partial charge in [0.1, 0.15) is 5.82 Å². The summed E-state index contributed by atoms with van der Waals surface area (Å²) in [6, 6.07) is 4.83. The summed E-state index contributed by atoms with van der Waals surface area (Å²) in [7, 11) is 0. The van der Waals surface area contributed by atoms with E-state index in [0.717, 1.165) is 8.81 Å². The predicted molar refractivity (Wildman–Crippen MR) is 83.5 cm³/mol. The smallest absolute Gasteiger partial charge is 0.227 e. The van der Waals surface area contributed by atoms with Crippen LogP contribution >= 0.6 is 50.8 Å². The van der Waals surface area contributed by atoms with Crippen LogP contribution in [0.5, 0.6) is 0 Å². The minimum absolute atomic E-state index is 0.180. The zero-order valence-electron chi connectivity index (χ0n) is 10.0. The highest BCUT2D eigenvalue weighted by molar-refractivity contribution is 9.10. The first-order valence-corrected chi connectivity index (χ1v) is 8.94. The molecule has 2 N–H and O–H groups in total. The van der Waals surface area contributed by atoms with E-state index in [0.29, 0.717) is 15.7 Å². The summed E-state index contributed by atoms with van der Waals surface area (Å²) in [4.78, 5) is 10.7. The number of amides is 1. The van der Waals surface area contributed by atoms with E-state index in [9.17, 15) is 9.18 Å². The number of rotatable bonds is 6. The van der Waals surface area contributed by atoms with Crippen LogP contribution in [-0.2, 0) is 10.5 Å². The van der Waals surface area contributed by atoms with E-state index in [1.807, 2.05) is 0 Å². The van der Waals surface area contributed by atoms with Crippen LogP contribution in [0.2, 0.25) is 0 Å². The number of thioether (sulfide) groups is 2. The Morgan fingerprint density at radius 3 is 2.75 bits per heavy atom. The molecule has 2 aromatic rings. The Kier molecular flexibility index (Phi) is 5.82. The summed E-state index contributed by atoms with van der Waals surface area (Å²) in [6.07, 6.45) is 0. The Hall–Kier alpha value is -0.640. The van der Waals surface area contributed by atoms with Gasteiger partial charge in [0.15, 0.2) is 8.68 Å². The maximum atomic E-state index is 13.6. The number of nitrogens with zero attached hydrogens (tertiary/aromatic N) is 2. The van der Waals surface area contributed by atoms with Crippen molar-refractivity contribution in [3.05, 3.63) is 34.1 Å². The lowest BCUT2D eigenvalue weighted by atomic mass is 10.2. The number of carbonyl (C=O) groups excluding carboxylic acids is 1. The molecule has 1 aromatic heterocycles. The van der Waals surface area contributed by atoms with Crippen LogP contribution in [0.15, 0.2) is 31.4 Å². The highest BCUT2D eigenvalue weighted by atomic mass is 79.9. The van der Waals surface area contributed by atoms with Crippen LogP contribution in [0.1, 0.15) is 5.56 Å². The predicted octanol–water partition coefficient (Wildman–Crippen LogP) is 3.31. The molecule has 20 heavy (non-hydrogen) atoms. The summed E-state index contributed by atoms with van der Waals surface area (Å²) >= 11 is 7.34. The number of carbonyl (C=O) groups is 1. The van der Waals surface area contributed by atoms with Crippen molar-refractivity contribution in [2.24, 2.45) is 5.73 Å². The normalized spacial score (nSPS) is 10.7. The van der Waals surface area contributed by atoms with Gasteiger partial charge < -0.3 is 5.73 Å². The molecule has 4 nitrogen and oxygen atoms in total. The Morgan fingerprint density at radius 2 is 2.05 bits per heavy atom. The molecule has 106 valence electrons. The Morgan fingerprint density at radius 1 is 1.35 bits per heavy atom. The molecule has 1 aromatic carbocycles. The fourth-order valence-electron chi connectivity index (χ4n) is 1.24. The highest BCUT2D eigenvalue weighted by Crippen LogP contribution is 2.31. The second kappa shape index (κ2) is 7.39. The summed E-state index contributed by atoms with van der Waals surface area (Å²) in [5.41, 5.74) is 5.66. The lowest BCUT2D eigenvalue weighted by molar-refractivity contribution is -0.115. The topological polar surface area (TPSA) is 68.9 Å². The summed E-state index contributed by atoms with van der Waals surface area (Å²) in [6.45, 7) is 0. The van der Waals surface area contributed by atoms with Crippen LogP contribution in [0.25, 0.3) is 0 Å². The third-order valence-electron chi connectivity index (χ3n) is 2.08. The highest BCUT2D eigenvalue weighted by Gasteiger charge is 2.09. The fraction of sp³-hybridized carbons (Fsp3) is 0.182. The molecule has 2 rings (SSSR count). The van der Waals surface area contributed by atoms with Crippen molar-refractivity contribution >= 4 is 56.7 Å². The van der Waals surface area contributed by atoms with Gasteiger partial charge in [-0.2, -0.15) is 0 Å². The second-order valence-electron chi connectivity index (χ2n) is 3.61. The van der Waals surface area contributed by atoms with E-state index in [1.54, 1.807) is 12.1 Å². The van der Waals surface area contributed by atoms with E-state index >= 15 is 0 Å². The quantitative estimate of drug-likeness (QED) is 0.762. The van der Waals surface area contributed by atoms with Gasteiger partial charge in [0, 0.05) is 10.2 Å². The maximum absolute atomic E-state index is 13.6. The van der Waals surface area contributed by atoms with Gasteiger partial charge in [0.05, 0.1) is 5.75 Å². The van der Waals surface area contributed by atoms with Crippen molar-refractivity contribution in [3.63, 3.8) is 0 Å². The number of hydrogen-bond donors (Lipinski definition) is 1. The van der Waals surface area contributed by atoms with Crippen molar-refractivity contribution in [2.45, 2.75) is 14.4 Å². The second-order valence-corrected chi connectivity index (χ2v) is 7.95. The summed E-state index contributed by atoms with van der Waals surface area (Å²) < 4.78 is 15.8. The van der Waals surface area contributed by atoms with Gasteiger partial charge in [-0.3, -0.25) is 4.79 Å². The molecule has 0 unspecified atom stereocenters. The van der Waals surface area contributed by atoms with Crippen molar-refractivity contribution in [2.75, 3.05) is 5.75 Å². The van der Waals surface area contributed by atoms with E-state index in [1.165, 1.54) is 40.9 Å². The average Bonchev–Trinajstić information content (AvgIpc) is 2.85. The molecule has 9 heteroatoms. The minimum Gasteiger partial charge on any atom is -0.369 e. The summed E-state index contributed by atoms with van der Waals surface area (Å²) in [5.74, 6) is 0.0177. The van der Waals surface area contributed by atoms with E-state index in [2.05, 4.69) is 26.1 Å². The third kappa shape index (κ3) is 4.72. The standard InChI is InChI=1S/C11H9BrFN3OS3/c12-7-1-2-8(13)6(3-7)4-18-10-15-16-11(20-10)19-5-9(14)17/h1-3H,4-5H2,(H2,14,17). The lowest BCUT2D eigenvalue weighted by Crippen LogP contribution is -2.12. The monoisotopic (exact) mass is 393 g/mol. The molecule has 0 fully saturated rings. The SMILES string of the molecule is NC(=O)CSc1nnc(SCc2cc(Br)ccc2F)s1. The molecule has 0 spiro atoms. The maximum Gasteiger partial charge on any atom is 0.227 e. The first-order chi connectivity index (χ1) is 9.54. The molecule has 0 saturated heterocycles. The minimum atomic E-state index is -0.393. The molecule has 0 radical (unpaired) electrons. The van der Waals surface area contributed by atoms with Crippen LogP contribution < -0.4 is 5.73 Å². The zero-order valence-corrected chi connectivity index (χ0v) is 14.0. The van der Waals surface area contributed by atoms with Crippen molar-refractivity contribution in [1.29, 1.82) is 0 Å². The summed E-state index contributed by atoms with van der Waals surface area (Å²) in [5, 5.41) is 7.93. The van der Waals surface area contributed by atoms with E-state index in [4.69, 9.17) is 5.73 Å². The number of nitrogens with two attached hydrogens (primary N) is 1. The zero-order chi connectivity index (χ0) is 14.5. The first kappa shape index (κ1) is 15.7. The van der Waals surface area contributed by atoms with Gasteiger partial charge in [-0.15, -0.1) is 10.2 Å². The fourth-order valence-corrected chi connectivity index (χ4v) is 4.38. The van der Waals surface area contributed by atoms with Crippen molar-refractivity contribution < 1.29 is 9.18 Å². The molecule has 0 atom stereocenters. The van der Waals surface area contributed by atoms with Crippen LogP contribution in [-0.4, -0.2) is 21.9 Å². The van der Waals surface area contributed by atoms with Crippen molar-refractivity contribution in [1.82, 2.24) is 10.2 Å². The van der Waals surface area contributed by atoms with Gasteiger partial charge in [0.25, 0.3) is 0 Å². The molecule has 0 aliphatic heterocycles. The average molecular weight is 394 g/mol. The largest absolute Gasteiger partial charge is 0.369 e. The Balaban J connectivity index is 1.94. The lowest BCUT2D eigenvalue weighted by Gasteiger charge is -2.01. The van der Waals surface area contributed by atoms with Gasteiger partial charge >= 0.3 is 0 Å². The van der Waals surface area contributed by atoms with Crippen LogP contribution in [0.3, 0.4) is 0 Å². The Labute approximate surface area is 135 Å². The molecule has 1 heterocycles. The van der Waals surface area contributed by atoms with E-state index in [-0.39, 0.29) is 11.6 Å². The molecule has 1 amide bonds. The van der Waals surface area contributed by atoms with E-state index < -0.39 is 5.91 Å². The number of halogens is 2. The van der Waals surface area contributed by atoms with Gasteiger partial charge in [0.2, 0.25) is 5.91 Å². The molecule has 0 bridgehead atoms.